The van der Waals surface area contributed by atoms with Crippen molar-refractivity contribution in [1.29, 1.82) is 0 Å². The minimum Gasteiger partial charge on any atom is -0.296 e. The lowest BCUT2D eigenvalue weighted by atomic mass is 10.0. The molecule has 7 nitrogen and oxygen atoms in total. The first-order valence-corrected chi connectivity index (χ1v) is 9.39. The molecule has 0 aliphatic carbocycles. The van der Waals surface area contributed by atoms with E-state index in [1.807, 2.05) is 19.9 Å². The Hall–Kier alpha value is -1.41. The maximum atomic E-state index is 12.8. The summed E-state index contributed by atoms with van der Waals surface area (Å²) in [5.74, 6) is 0.560. The highest BCUT2D eigenvalue weighted by molar-refractivity contribution is 7.88. The fourth-order valence-electron chi connectivity index (χ4n) is 2.97. The van der Waals surface area contributed by atoms with E-state index in [4.69, 9.17) is 0 Å². The van der Waals surface area contributed by atoms with Crippen LogP contribution in [0, 0.1) is 6.92 Å². The molecular formula is C14H24N4O3S. The van der Waals surface area contributed by atoms with Gasteiger partial charge in [-0.3, -0.25) is 14.4 Å². The SMILES string of the molecule is CCCN([C@H]1CCCN(c2cc(C)nn2C)C1=O)S(C)(=O)=O. The van der Waals surface area contributed by atoms with E-state index in [2.05, 4.69) is 5.10 Å². The van der Waals surface area contributed by atoms with Gasteiger partial charge in [-0.25, -0.2) is 8.42 Å². The van der Waals surface area contributed by atoms with Crippen LogP contribution < -0.4 is 4.90 Å². The number of aryl methyl sites for hydroxylation is 2. The van der Waals surface area contributed by atoms with Crippen LogP contribution in [0.1, 0.15) is 31.9 Å². The Labute approximate surface area is 131 Å². The Kier molecular flexibility index (Phi) is 4.91. The summed E-state index contributed by atoms with van der Waals surface area (Å²) in [7, 11) is -1.62. The molecule has 1 aliphatic rings. The Morgan fingerprint density at radius 1 is 1.45 bits per heavy atom. The Balaban J connectivity index is 2.31. The number of hydrogen-bond acceptors (Lipinski definition) is 4. The molecule has 0 unspecified atom stereocenters. The summed E-state index contributed by atoms with van der Waals surface area (Å²) in [6.45, 7) is 4.74. The molecule has 0 bridgehead atoms. The van der Waals surface area contributed by atoms with Gasteiger partial charge < -0.3 is 0 Å². The lowest BCUT2D eigenvalue weighted by Crippen LogP contribution is -2.54. The van der Waals surface area contributed by atoms with Crippen molar-refractivity contribution in [3.05, 3.63) is 11.8 Å². The summed E-state index contributed by atoms with van der Waals surface area (Å²) < 4.78 is 27.0. The number of aromatic nitrogens is 2. The number of sulfonamides is 1. The average Bonchev–Trinajstić information content (AvgIpc) is 2.74. The van der Waals surface area contributed by atoms with Crippen LogP contribution in [-0.4, -0.2) is 53.8 Å². The van der Waals surface area contributed by atoms with E-state index >= 15 is 0 Å². The van der Waals surface area contributed by atoms with Crippen molar-refractivity contribution in [3.8, 4) is 0 Å². The fraction of sp³-hybridized carbons (Fsp3) is 0.714. The summed E-state index contributed by atoms with van der Waals surface area (Å²) in [6.07, 6.45) is 3.19. The molecule has 0 saturated carbocycles. The van der Waals surface area contributed by atoms with E-state index in [1.54, 1.807) is 16.6 Å². The van der Waals surface area contributed by atoms with E-state index < -0.39 is 16.1 Å². The van der Waals surface area contributed by atoms with Crippen LogP contribution in [0.25, 0.3) is 0 Å². The van der Waals surface area contributed by atoms with Crippen molar-refractivity contribution < 1.29 is 13.2 Å². The zero-order valence-electron chi connectivity index (χ0n) is 13.6. The highest BCUT2D eigenvalue weighted by Gasteiger charge is 2.38. The third kappa shape index (κ3) is 3.33. The highest BCUT2D eigenvalue weighted by Crippen LogP contribution is 2.25. The minimum atomic E-state index is -3.41. The van der Waals surface area contributed by atoms with Crippen LogP contribution in [0.3, 0.4) is 0 Å². The second kappa shape index (κ2) is 6.37. The molecule has 1 saturated heterocycles. The van der Waals surface area contributed by atoms with E-state index in [0.717, 1.165) is 17.9 Å². The van der Waals surface area contributed by atoms with Crippen molar-refractivity contribution in [2.75, 3.05) is 24.2 Å². The zero-order valence-corrected chi connectivity index (χ0v) is 14.4. The first-order valence-electron chi connectivity index (χ1n) is 7.54. The molecule has 1 fully saturated rings. The first-order chi connectivity index (χ1) is 10.3. The number of carbonyl (C=O) groups is 1. The first kappa shape index (κ1) is 17.0. The molecule has 2 heterocycles. The topological polar surface area (TPSA) is 75.5 Å². The zero-order chi connectivity index (χ0) is 16.5. The van der Waals surface area contributed by atoms with Gasteiger partial charge in [0.25, 0.3) is 0 Å². The van der Waals surface area contributed by atoms with Gasteiger partial charge in [-0.05, 0) is 26.2 Å². The van der Waals surface area contributed by atoms with E-state index in [0.29, 0.717) is 25.9 Å². The van der Waals surface area contributed by atoms with Gasteiger partial charge in [0.2, 0.25) is 15.9 Å². The van der Waals surface area contributed by atoms with Crippen LogP contribution in [0.2, 0.25) is 0 Å². The van der Waals surface area contributed by atoms with Gasteiger partial charge in [-0.15, -0.1) is 0 Å². The molecule has 1 aromatic rings. The molecule has 1 aliphatic heterocycles. The van der Waals surface area contributed by atoms with Crippen LogP contribution >= 0.6 is 0 Å². The smallest absolute Gasteiger partial charge is 0.246 e. The van der Waals surface area contributed by atoms with Crippen LogP contribution in [0.4, 0.5) is 5.82 Å². The highest BCUT2D eigenvalue weighted by atomic mass is 32.2. The number of amides is 1. The number of hydrogen-bond donors (Lipinski definition) is 0. The maximum Gasteiger partial charge on any atom is 0.246 e. The summed E-state index contributed by atoms with van der Waals surface area (Å²) in [6, 6.07) is 1.24. The van der Waals surface area contributed by atoms with E-state index in [1.165, 1.54) is 10.6 Å². The summed E-state index contributed by atoms with van der Waals surface area (Å²) >= 11 is 0. The lowest BCUT2D eigenvalue weighted by molar-refractivity contribution is -0.123. The largest absolute Gasteiger partial charge is 0.296 e. The van der Waals surface area contributed by atoms with Crippen molar-refractivity contribution in [2.24, 2.45) is 7.05 Å². The maximum absolute atomic E-state index is 12.8. The standard InChI is InChI=1S/C14H24N4O3S/c1-5-8-18(22(4,20)21)12-7-6-9-17(14(12)19)13-10-11(2)15-16(13)3/h10,12H,5-9H2,1-4H3/t12-/m0/s1. The van der Waals surface area contributed by atoms with Crippen molar-refractivity contribution in [1.82, 2.24) is 14.1 Å². The Morgan fingerprint density at radius 2 is 2.14 bits per heavy atom. The van der Waals surface area contributed by atoms with Gasteiger partial charge >= 0.3 is 0 Å². The molecule has 1 aromatic heterocycles. The number of nitrogens with zero attached hydrogens (tertiary/aromatic N) is 4. The third-order valence-electron chi connectivity index (χ3n) is 3.88. The molecule has 0 spiro atoms. The molecule has 0 aromatic carbocycles. The molecular weight excluding hydrogens is 304 g/mol. The van der Waals surface area contributed by atoms with Crippen molar-refractivity contribution in [3.63, 3.8) is 0 Å². The van der Waals surface area contributed by atoms with Crippen LogP contribution in [-0.2, 0) is 21.9 Å². The normalized spacial score (nSPS) is 20.0. The van der Waals surface area contributed by atoms with E-state index in [-0.39, 0.29) is 5.91 Å². The van der Waals surface area contributed by atoms with Crippen molar-refractivity contribution >= 4 is 21.7 Å². The quantitative estimate of drug-likeness (QED) is 0.804. The van der Waals surface area contributed by atoms with Crippen LogP contribution in [0.5, 0.6) is 0 Å². The van der Waals surface area contributed by atoms with Gasteiger partial charge in [0.05, 0.1) is 11.9 Å². The van der Waals surface area contributed by atoms with E-state index in [9.17, 15) is 13.2 Å². The number of piperidine rings is 1. The molecule has 0 radical (unpaired) electrons. The number of anilines is 1. The molecule has 1 amide bonds. The Morgan fingerprint density at radius 3 is 2.64 bits per heavy atom. The lowest BCUT2D eigenvalue weighted by Gasteiger charge is -2.36. The molecule has 8 heteroatoms. The van der Waals surface area contributed by atoms with Gasteiger partial charge in [-0.2, -0.15) is 9.40 Å². The predicted octanol–water partition coefficient (Wildman–Crippen LogP) is 0.896. The monoisotopic (exact) mass is 328 g/mol. The summed E-state index contributed by atoms with van der Waals surface area (Å²) in [5.41, 5.74) is 0.834. The second-order valence-corrected chi connectivity index (χ2v) is 7.72. The molecule has 124 valence electrons. The third-order valence-corrected chi connectivity index (χ3v) is 5.17. The average molecular weight is 328 g/mol. The Bertz CT molecular complexity index is 653. The molecule has 0 N–H and O–H groups in total. The minimum absolute atomic E-state index is 0.159. The fourth-order valence-corrected chi connectivity index (χ4v) is 4.15. The van der Waals surface area contributed by atoms with Gasteiger partial charge in [0.1, 0.15) is 11.9 Å². The molecule has 1 atom stereocenters. The molecule has 22 heavy (non-hydrogen) atoms. The van der Waals surface area contributed by atoms with Gasteiger partial charge in [-0.1, -0.05) is 6.92 Å². The summed E-state index contributed by atoms with van der Waals surface area (Å²) in [5, 5.41) is 4.27. The van der Waals surface area contributed by atoms with Gasteiger partial charge in [0.15, 0.2) is 0 Å². The van der Waals surface area contributed by atoms with Crippen LogP contribution in [0.15, 0.2) is 6.07 Å². The second-order valence-electron chi connectivity index (χ2n) is 5.79. The predicted molar refractivity (Wildman–Crippen MR) is 85.2 cm³/mol. The molecule has 2 rings (SSSR count). The summed E-state index contributed by atoms with van der Waals surface area (Å²) in [4.78, 5) is 14.5. The number of rotatable bonds is 5. The van der Waals surface area contributed by atoms with Crippen molar-refractivity contribution in [2.45, 2.75) is 39.2 Å². The van der Waals surface area contributed by atoms with Gasteiger partial charge in [0, 0.05) is 26.2 Å². The number of carbonyl (C=O) groups excluding carboxylic acids is 1.